The summed E-state index contributed by atoms with van der Waals surface area (Å²) in [5.74, 6) is 2.71. The van der Waals surface area contributed by atoms with Crippen LogP contribution in [0.15, 0.2) is 46.0 Å². The largest absolute Gasteiger partial charge is 0.469 e. The van der Waals surface area contributed by atoms with Gasteiger partial charge in [0.2, 0.25) is 0 Å². The van der Waals surface area contributed by atoms with Crippen molar-refractivity contribution in [2.75, 3.05) is 25.5 Å². The van der Waals surface area contributed by atoms with E-state index in [1.807, 2.05) is 49.3 Å². The Kier molecular flexibility index (Phi) is 10.1. The van der Waals surface area contributed by atoms with Crippen LogP contribution in [0, 0.1) is 0 Å². The van der Waals surface area contributed by atoms with Crippen molar-refractivity contribution in [1.29, 1.82) is 0 Å². The second-order valence-corrected chi connectivity index (χ2v) is 6.26. The fourth-order valence-electron chi connectivity index (χ4n) is 2.21. The van der Waals surface area contributed by atoms with Gasteiger partial charge in [0, 0.05) is 33.1 Å². The zero-order valence-corrected chi connectivity index (χ0v) is 18.4. The molecule has 6 nitrogen and oxygen atoms in total. The van der Waals surface area contributed by atoms with Crippen LogP contribution in [0.4, 0.5) is 5.82 Å². The first-order valence-electron chi connectivity index (χ1n) is 8.79. The van der Waals surface area contributed by atoms with Crippen molar-refractivity contribution in [3.8, 4) is 0 Å². The molecule has 0 bridgehead atoms. The van der Waals surface area contributed by atoms with Gasteiger partial charge in [-0.15, -0.1) is 24.0 Å². The van der Waals surface area contributed by atoms with Gasteiger partial charge in [0.25, 0.3) is 0 Å². The Hall–Kier alpha value is -1.77. The summed E-state index contributed by atoms with van der Waals surface area (Å²) in [4.78, 5) is 11.3. The number of hydrogen-bond acceptors (Lipinski definition) is 4. The minimum Gasteiger partial charge on any atom is -0.469 e. The number of nitrogens with zero attached hydrogens (tertiary/aromatic N) is 3. The summed E-state index contributed by atoms with van der Waals surface area (Å²) >= 11 is 0. The van der Waals surface area contributed by atoms with Gasteiger partial charge in [0.1, 0.15) is 11.6 Å². The number of aromatic nitrogens is 1. The number of hydrogen-bond donors (Lipinski definition) is 2. The number of guanidine groups is 1. The number of rotatable bonds is 8. The maximum atomic E-state index is 5.37. The fraction of sp³-hybridized carbons (Fsp3) is 0.474. The van der Waals surface area contributed by atoms with Crippen molar-refractivity contribution in [2.24, 2.45) is 4.99 Å². The zero-order valence-electron chi connectivity index (χ0n) is 16.0. The van der Waals surface area contributed by atoms with E-state index in [1.54, 1.807) is 6.26 Å². The molecular weight excluding hydrogens is 441 g/mol. The lowest BCUT2D eigenvalue weighted by Crippen LogP contribution is -2.42. The Morgan fingerprint density at radius 3 is 2.73 bits per heavy atom. The average Bonchev–Trinajstić information content (AvgIpc) is 3.13. The van der Waals surface area contributed by atoms with Crippen LogP contribution in [0.5, 0.6) is 0 Å². The summed E-state index contributed by atoms with van der Waals surface area (Å²) in [5.41, 5.74) is 0.947. The van der Waals surface area contributed by atoms with Gasteiger partial charge in [-0.2, -0.15) is 0 Å². The average molecular weight is 471 g/mol. The maximum absolute atomic E-state index is 5.37. The molecular formula is C19H30IN5O. The van der Waals surface area contributed by atoms with Gasteiger partial charge >= 0.3 is 0 Å². The number of halogens is 1. The smallest absolute Gasteiger partial charge is 0.191 e. The van der Waals surface area contributed by atoms with Crippen molar-refractivity contribution in [3.05, 3.63) is 48.0 Å². The molecule has 2 rings (SSSR count). The van der Waals surface area contributed by atoms with E-state index in [9.17, 15) is 0 Å². The standard InChI is InChI=1S/C19H29N5O.HI/c1-5-15(2)22-19(20-12-11-17-9-7-13-25-17)21-14-16-8-6-10-18(23-16)24(3)4;/h6-10,13,15H,5,11-12,14H2,1-4H3,(H2,20,21,22);1H. The summed E-state index contributed by atoms with van der Waals surface area (Å²) in [6.45, 7) is 5.60. The molecule has 2 aromatic rings. The summed E-state index contributed by atoms with van der Waals surface area (Å²) in [5, 5.41) is 6.80. The highest BCUT2D eigenvalue weighted by molar-refractivity contribution is 14.0. The first-order chi connectivity index (χ1) is 12.1. The third kappa shape index (κ3) is 7.63. The molecule has 1 unspecified atom stereocenters. The molecule has 2 N–H and O–H groups in total. The molecule has 0 amide bonds. The van der Waals surface area contributed by atoms with Gasteiger partial charge in [0.15, 0.2) is 5.96 Å². The van der Waals surface area contributed by atoms with E-state index in [-0.39, 0.29) is 24.0 Å². The van der Waals surface area contributed by atoms with Gasteiger partial charge in [-0.1, -0.05) is 13.0 Å². The van der Waals surface area contributed by atoms with Crippen molar-refractivity contribution in [1.82, 2.24) is 15.6 Å². The molecule has 0 aliphatic rings. The molecule has 1 atom stereocenters. The van der Waals surface area contributed by atoms with Crippen LogP contribution < -0.4 is 15.5 Å². The summed E-state index contributed by atoms with van der Waals surface area (Å²) in [6, 6.07) is 10.3. The zero-order chi connectivity index (χ0) is 18.1. The highest BCUT2D eigenvalue weighted by Crippen LogP contribution is 2.08. The van der Waals surface area contributed by atoms with Gasteiger partial charge in [-0.05, 0) is 37.6 Å². The summed E-state index contributed by atoms with van der Waals surface area (Å²) < 4.78 is 5.37. The van der Waals surface area contributed by atoms with E-state index in [0.717, 1.165) is 42.6 Å². The fourth-order valence-corrected chi connectivity index (χ4v) is 2.21. The van der Waals surface area contributed by atoms with Crippen LogP contribution in [-0.4, -0.2) is 37.6 Å². The van der Waals surface area contributed by atoms with Crippen LogP contribution in [0.3, 0.4) is 0 Å². The second-order valence-electron chi connectivity index (χ2n) is 6.26. The molecule has 2 aromatic heterocycles. The lowest BCUT2D eigenvalue weighted by Gasteiger charge is -2.17. The number of aliphatic imine (C=N–C) groups is 1. The number of nitrogens with one attached hydrogen (secondary N) is 2. The second kappa shape index (κ2) is 11.8. The molecule has 0 spiro atoms. The van der Waals surface area contributed by atoms with E-state index in [0.29, 0.717) is 12.6 Å². The highest BCUT2D eigenvalue weighted by atomic mass is 127. The van der Waals surface area contributed by atoms with Crippen molar-refractivity contribution in [3.63, 3.8) is 0 Å². The molecule has 0 aromatic carbocycles. The molecule has 0 radical (unpaired) electrons. The third-order valence-corrected chi connectivity index (χ3v) is 3.89. The third-order valence-electron chi connectivity index (χ3n) is 3.89. The Balaban J connectivity index is 0.00000338. The first kappa shape index (κ1) is 22.3. The molecule has 2 heterocycles. The SMILES string of the molecule is CCC(C)NC(=NCc1cccc(N(C)C)n1)NCCc1ccco1.I. The van der Waals surface area contributed by atoms with E-state index in [1.165, 1.54) is 0 Å². The van der Waals surface area contributed by atoms with Gasteiger partial charge in [-0.3, -0.25) is 0 Å². The predicted molar refractivity (Wildman–Crippen MR) is 118 cm³/mol. The normalized spacial score (nSPS) is 12.2. The Morgan fingerprint density at radius 2 is 2.08 bits per heavy atom. The lowest BCUT2D eigenvalue weighted by atomic mass is 10.3. The van der Waals surface area contributed by atoms with Gasteiger partial charge in [-0.25, -0.2) is 9.98 Å². The maximum Gasteiger partial charge on any atom is 0.191 e. The Bertz CT molecular complexity index is 658. The van der Waals surface area contributed by atoms with E-state index in [2.05, 4.69) is 34.5 Å². The molecule has 26 heavy (non-hydrogen) atoms. The Morgan fingerprint density at radius 1 is 1.27 bits per heavy atom. The molecule has 7 heteroatoms. The van der Waals surface area contributed by atoms with Crippen LogP contribution in [0.25, 0.3) is 0 Å². The van der Waals surface area contributed by atoms with Gasteiger partial charge in [0.05, 0.1) is 18.5 Å². The summed E-state index contributed by atoms with van der Waals surface area (Å²) in [7, 11) is 3.98. The Labute approximate surface area is 173 Å². The minimum absolute atomic E-state index is 0. The quantitative estimate of drug-likeness (QED) is 0.351. The van der Waals surface area contributed by atoms with Crippen LogP contribution in [0.1, 0.15) is 31.7 Å². The topological polar surface area (TPSA) is 65.7 Å². The molecule has 0 aliphatic carbocycles. The van der Waals surface area contributed by atoms with E-state index >= 15 is 0 Å². The summed E-state index contributed by atoms with van der Waals surface area (Å²) in [6.07, 6.45) is 3.56. The molecule has 0 saturated carbocycles. The number of furan rings is 1. The molecule has 0 aliphatic heterocycles. The van der Waals surface area contributed by atoms with Crippen LogP contribution in [0.2, 0.25) is 0 Å². The number of pyridine rings is 1. The number of anilines is 1. The predicted octanol–water partition coefficient (Wildman–Crippen LogP) is 3.44. The highest BCUT2D eigenvalue weighted by Gasteiger charge is 2.05. The van der Waals surface area contributed by atoms with Crippen molar-refractivity contribution < 1.29 is 4.42 Å². The van der Waals surface area contributed by atoms with Gasteiger partial charge < -0.3 is 20.0 Å². The van der Waals surface area contributed by atoms with Crippen LogP contribution in [-0.2, 0) is 13.0 Å². The van der Waals surface area contributed by atoms with Crippen molar-refractivity contribution in [2.45, 2.75) is 39.3 Å². The minimum atomic E-state index is 0. The molecule has 0 fully saturated rings. The van der Waals surface area contributed by atoms with Crippen LogP contribution >= 0.6 is 24.0 Å². The van der Waals surface area contributed by atoms with Crippen molar-refractivity contribution >= 4 is 35.8 Å². The van der Waals surface area contributed by atoms with E-state index < -0.39 is 0 Å². The monoisotopic (exact) mass is 471 g/mol. The lowest BCUT2D eigenvalue weighted by molar-refractivity contribution is 0.506. The first-order valence-corrected chi connectivity index (χ1v) is 8.79. The molecule has 144 valence electrons. The molecule has 0 saturated heterocycles. The van der Waals surface area contributed by atoms with E-state index in [4.69, 9.17) is 4.42 Å².